The Bertz CT molecular complexity index is 1260. The molecule has 0 aliphatic heterocycles. The van der Waals surface area contributed by atoms with Crippen molar-refractivity contribution in [3.05, 3.63) is 59.9 Å². The molecule has 3 aromatic rings. The fourth-order valence-corrected chi connectivity index (χ4v) is 3.74. The van der Waals surface area contributed by atoms with E-state index in [9.17, 15) is 22.4 Å². The number of amides is 1. The first-order valence-corrected chi connectivity index (χ1v) is 11.7. The molecular weight excluding hydrogens is 477 g/mol. The minimum atomic E-state index is -3.92. The number of aromatic nitrogens is 3. The molecule has 33 heavy (non-hydrogen) atoms. The smallest absolute Gasteiger partial charge is 0.312 e. The minimum absolute atomic E-state index is 0.00821. The Morgan fingerprint density at radius 1 is 1.18 bits per heavy atom. The Balaban J connectivity index is 1.84. The van der Waals surface area contributed by atoms with Crippen LogP contribution >= 0.6 is 11.8 Å². The van der Waals surface area contributed by atoms with Gasteiger partial charge in [0.2, 0.25) is 26.9 Å². The summed E-state index contributed by atoms with van der Waals surface area (Å²) in [5, 5.41) is 18.9. The number of hydrogen-bond donors (Lipinski definition) is 2. The van der Waals surface area contributed by atoms with Crippen LogP contribution in [0.25, 0.3) is 11.4 Å². The van der Waals surface area contributed by atoms with Gasteiger partial charge >= 0.3 is 5.97 Å². The van der Waals surface area contributed by atoms with Crippen molar-refractivity contribution in [1.82, 2.24) is 20.0 Å². The normalized spacial score (nSPS) is 11.3. The van der Waals surface area contributed by atoms with Crippen LogP contribution in [0.3, 0.4) is 0 Å². The first-order chi connectivity index (χ1) is 15.5. The summed E-state index contributed by atoms with van der Waals surface area (Å²) < 4.78 is 36.1. The molecule has 0 radical (unpaired) electrons. The highest BCUT2D eigenvalue weighted by molar-refractivity contribution is 7.99. The standard InChI is InChI=1S/C19H18FN5O6S2/c1-24(28)16(26)10-11-32-19-22-17(12-2-6-14(20)7-3-12)25(23-19)31-18(27)13-4-8-15(9-5-13)33(21,29)30/h2-9,28H,10-11H2,1H3,(H2,21,29,30). The van der Waals surface area contributed by atoms with Crippen LogP contribution in [-0.4, -0.2) is 58.3 Å². The summed E-state index contributed by atoms with van der Waals surface area (Å²) in [6.07, 6.45) is 0.00821. The maximum atomic E-state index is 13.3. The molecule has 0 fully saturated rings. The number of carbonyl (C=O) groups is 2. The van der Waals surface area contributed by atoms with Gasteiger partial charge in [0.1, 0.15) is 5.82 Å². The van der Waals surface area contributed by atoms with E-state index in [2.05, 4.69) is 10.1 Å². The molecule has 3 rings (SSSR count). The second kappa shape index (κ2) is 10.1. The summed E-state index contributed by atoms with van der Waals surface area (Å²) in [7, 11) is -2.71. The highest BCUT2D eigenvalue weighted by Crippen LogP contribution is 2.22. The number of hydrogen-bond acceptors (Lipinski definition) is 9. The molecule has 2 aromatic carbocycles. The number of sulfonamides is 1. The molecule has 1 aromatic heterocycles. The first kappa shape index (κ1) is 24.3. The maximum Gasteiger partial charge on any atom is 0.365 e. The van der Waals surface area contributed by atoms with Gasteiger partial charge in [0.15, 0.2) is 0 Å². The van der Waals surface area contributed by atoms with Crippen molar-refractivity contribution in [3.63, 3.8) is 0 Å². The summed E-state index contributed by atoms with van der Waals surface area (Å²) in [6.45, 7) is 0. The van der Waals surface area contributed by atoms with Gasteiger partial charge in [-0.1, -0.05) is 16.6 Å². The van der Waals surface area contributed by atoms with E-state index in [0.717, 1.165) is 28.7 Å². The number of thioether (sulfide) groups is 1. The monoisotopic (exact) mass is 495 g/mol. The highest BCUT2D eigenvalue weighted by atomic mass is 32.2. The van der Waals surface area contributed by atoms with Crippen molar-refractivity contribution in [1.29, 1.82) is 0 Å². The third-order valence-electron chi connectivity index (χ3n) is 4.16. The predicted molar refractivity (Wildman–Crippen MR) is 114 cm³/mol. The molecule has 0 atom stereocenters. The summed E-state index contributed by atoms with van der Waals surface area (Å²) in [5.41, 5.74) is 0.424. The largest absolute Gasteiger partial charge is 0.365 e. The molecule has 14 heteroatoms. The molecule has 0 bridgehead atoms. The van der Waals surface area contributed by atoms with Crippen molar-refractivity contribution in [2.75, 3.05) is 12.8 Å². The fraction of sp³-hybridized carbons (Fsp3) is 0.158. The van der Waals surface area contributed by atoms with Crippen LogP contribution in [0.1, 0.15) is 16.8 Å². The van der Waals surface area contributed by atoms with Crippen LogP contribution in [0.2, 0.25) is 0 Å². The number of hydroxylamine groups is 2. The summed E-state index contributed by atoms with van der Waals surface area (Å²) >= 11 is 1.08. The van der Waals surface area contributed by atoms with Gasteiger partial charge in [-0.15, -0.1) is 5.10 Å². The molecule has 0 spiro atoms. The molecule has 1 amide bonds. The Kier molecular flexibility index (Phi) is 7.43. The Morgan fingerprint density at radius 3 is 2.39 bits per heavy atom. The first-order valence-electron chi connectivity index (χ1n) is 9.21. The molecule has 3 N–H and O–H groups in total. The zero-order chi connectivity index (χ0) is 24.2. The average Bonchev–Trinajstić information content (AvgIpc) is 3.16. The lowest BCUT2D eigenvalue weighted by Gasteiger charge is -2.07. The Morgan fingerprint density at radius 2 is 1.82 bits per heavy atom. The minimum Gasteiger partial charge on any atom is -0.312 e. The van der Waals surface area contributed by atoms with E-state index in [-0.39, 0.29) is 33.6 Å². The van der Waals surface area contributed by atoms with E-state index in [1.807, 2.05) is 0 Å². The highest BCUT2D eigenvalue weighted by Gasteiger charge is 2.19. The number of halogens is 1. The average molecular weight is 496 g/mol. The molecule has 0 unspecified atom stereocenters. The van der Waals surface area contributed by atoms with Gasteiger partial charge in [-0.2, -0.15) is 4.98 Å². The summed E-state index contributed by atoms with van der Waals surface area (Å²) in [5.74, 6) is -1.51. The van der Waals surface area contributed by atoms with Gasteiger partial charge in [0.05, 0.1) is 10.5 Å². The number of carbonyl (C=O) groups excluding carboxylic acids is 2. The second-order valence-corrected chi connectivity index (χ2v) is 9.19. The zero-order valence-electron chi connectivity index (χ0n) is 17.1. The van der Waals surface area contributed by atoms with Gasteiger partial charge in [0.25, 0.3) is 0 Å². The summed E-state index contributed by atoms with van der Waals surface area (Å²) in [4.78, 5) is 34.3. The van der Waals surface area contributed by atoms with Crippen molar-refractivity contribution in [3.8, 4) is 11.4 Å². The number of nitrogens with two attached hydrogens (primary N) is 1. The second-order valence-electron chi connectivity index (χ2n) is 6.56. The van der Waals surface area contributed by atoms with Crippen LogP contribution in [0.4, 0.5) is 4.39 Å². The van der Waals surface area contributed by atoms with Gasteiger partial charge in [-0.05, 0) is 48.5 Å². The Labute approximate surface area is 191 Å². The van der Waals surface area contributed by atoms with Crippen molar-refractivity contribution >= 4 is 33.7 Å². The SMILES string of the molecule is CN(O)C(=O)CCSc1nc(-c2ccc(F)cc2)n(OC(=O)c2ccc(S(N)(=O)=O)cc2)n1. The van der Waals surface area contributed by atoms with Gasteiger partial charge < -0.3 is 4.84 Å². The van der Waals surface area contributed by atoms with Crippen molar-refractivity contribution in [2.45, 2.75) is 16.5 Å². The lowest BCUT2D eigenvalue weighted by Crippen LogP contribution is -2.22. The predicted octanol–water partition coefficient (Wildman–Crippen LogP) is 1.33. The van der Waals surface area contributed by atoms with Crippen LogP contribution in [0, 0.1) is 5.82 Å². The zero-order valence-corrected chi connectivity index (χ0v) is 18.7. The van der Waals surface area contributed by atoms with E-state index in [1.165, 1.54) is 43.4 Å². The summed E-state index contributed by atoms with van der Waals surface area (Å²) in [6, 6.07) is 10.0. The topological polar surface area (TPSA) is 158 Å². The Hall–Kier alpha value is -3.33. The quantitative estimate of drug-likeness (QED) is 0.267. The van der Waals surface area contributed by atoms with E-state index >= 15 is 0 Å². The van der Waals surface area contributed by atoms with Gasteiger partial charge in [-0.3, -0.25) is 10.0 Å². The number of primary sulfonamides is 1. The van der Waals surface area contributed by atoms with Crippen LogP contribution in [-0.2, 0) is 14.8 Å². The molecule has 0 saturated carbocycles. The number of nitrogens with zero attached hydrogens (tertiary/aromatic N) is 4. The fourth-order valence-electron chi connectivity index (χ4n) is 2.48. The lowest BCUT2D eigenvalue weighted by molar-refractivity contribution is -0.158. The van der Waals surface area contributed by atoms with E-state index < -0.39 is 27.7 Å². The molecule has 11 nitrogen and oxygen atoms in total. The van der Waals surface area contributed by atoms with Gasteiger partial charge in [-0.25, -0.2) is 27.8 Å². The molecule has 0 aliphatic carbocycles. The molecule has 174 valence electrons. The molecular formula is C19H18FN5O6S2. The maximum absolute atomic E-state index is 13.3. The number of rotatable bonds is 8. The lowest BCUT2D eigenvalue weighted by atomic mass is 10.2. The van der Waals surface area contributed by atoms with E-state index in [1.54, 1.807) is 0 Å². The van der Waals surface area contributed by atoms with E-state index in [4.69, 9.17) is 15.2 Å². The third-order valence-corrected chi connectivity index (χ3v) is 5.93. The van der Waals surface area contributed by atoms with Crippen LogP contribution in [0.15, 0.2) is 58.6 Å². The third kappa shape index (κ3) is 6.35. The molecule has 0 aliphatic rings. The van der Waals surface area contributed by atoms with Crippen molar-refractivity contribution in [2.24, 2.45) is 5.14 Å². The van der Waals surface area contributed by atoms with Crippen molar-refractivity contribution < 1.29 is 32.4 Å². The van der Waals surface area contributed by atoms with Crippen LogP contribution in [0.5, 0.6) is 0 Å². The van der Waals surface area contributed by atoms with Crippen LogP contribution < -0.4 is 9.98 Å². The molecule has 0 saturated heterocycles. The van der Waals surface area contributed by atoms with E-state index in [0.29, 0.717) is 10.6 Å². The van der Waals surface area contributed by atoms with Gasteiger partial charge in [0, 0.05) is 24.8 Å². The molecule has 1 heterocycles. The number of benzene rings is 2.